The Morgan fingerprint density at radius 1 is 1.00 bits per heavy atom. The second-order valence-electron chi connectivity index (χ2n) is 7.79. The number of amides is 1. The van der Waals surface area contributed by atoms with Crippen LogP contribution in [-0.4, -0.2) is 29.0 Å². The Bertz CT molecular complexity index is 992. The van der Waals surface area contributed by atoms with Crippen molar-refractivity contribution in [1.29, 1.82) is 0 Å². The molecule has 1 N–H and O–H groups in total. The molecule has 30 heavy (non-hydrogen) atoms. The van der Waals surface area contributed by atoms with Crippen molar-refractivity contribution in [3.63, 3.8) is 0 Å². The van der Waals surface area contributed by atoms with Crippen molar-refractivity contribution in [2.45, 2.75) is 39.2 Å². The van der Waals surface area contributed by atoms with Crippen molar-refractivity contribution < 1.29 is 4.79 Å². The molecule has 1 saturated heterocycles. The van der Waals surface area contributed by atoms with Crippen LogP contribution in [0.25, 0.3) is 11.3 Å². The van der Waals surface area contributed by atoms with Gasteiger partial charge in [0.15, 0.2) is 5.82 Å². The molecule has 1 aliphatic rings. The minimum atomic E-state index is -0.0764. The zero-order valence-corrected chi connectivity index (χ0v) is 17.6. The van der Waals surface area contributed by atoms with Crippen molar-refractivity contribution in [3.8, 4) is 11.3 Å². The average molecular weight is 401 g/mol. The Balaban J connectivity index is 1.47. The molecule has 154 valence electrons. The summed E-state index contributed by atoms with van der Waals surface area (Å²) in [6.07, 6.45) is 6.86. The highest BCUT2D eigenvalue weighted by molar-refractivity contribution is 5.95. The quantitative estimate of drug-likeness (QED) is 0.646. The van der Waals surface area contributed by atoms with E-state index in [0.29, 0.717) is 5.56 Å². The molecule has 1 aliphatic heterocycles. The summed E-state index contributed by atoms with van der Waals surface area (Å²) in [5, 5.41) is 3.09. The number of hydrogen-bond acceptors (Lipinski definition) is 4. The van der Waals surface area contributed by atoms with E-state index in [1.807, 2.05) is 31.2 Å². The van der Waals surface area contributed by atoms with E-state index in [2.05, 4.69) is 51.4 Å². The van der Waals surface area contributed by atoms with E-state index in [9.17, 15) is 4.79 Å². The standard InChI is InChI=1S/C25H28N4O/c1-3-19-6-8-20(9-7-19)18(2)28-25(30)22-12-10-21(11-13-22)23-24(27-15-14-26-23)29-16-4-5-17-29/h6-15,18H,3-5,16-17H2,1-2H3,(H,28,30)/t18-/m1/s1. The topological polar surface area (TPSA) is 58.1 Å². The van der Waals surface area contributed by atoms with Gasteiger partial charge in [0.25, 0.3) is 5.91 Å². The van der Waals surface area contributed by atoms with Crippen LogP contribution in [0.3, 0.4) is 0 Å². The number of benzene rings is 2. The van der Waals surface area contributed by atoms with Crippen LogP contribution < -0.4 is 10.2 Å². The maximum atomic E-state index is 12.7. The van der Waals surface area contributed by atoms with Gasteiger partial charge in [-0.05, 0) is 49.4 Å². The molecule has 3 aromatic rings. The summed E-state index contributed by atoms with van der Waals surface area (Å²) in [6, 6.07) is 16.0. The van der Waals surface area contributed by atoms with Gasteiger partial charge in [0, 0.05) is 36.6 Å². The molecule has 1 fully saturated rings. The number of anilines is 1. The minimum Gasteiger partial charge on any atom is -0.355 e. The van der Waals surface area contributed by atoms with E-state index in [0.717, 1.165) is 42.1 Å². The van der Waals surface area contributed by atoms with Crippen LogP contribution >= 0.6 is 0 Å². The van der Waals surface area contributed by atoms with E-state index in [4.69, 9.17) is 0 Å². The summed E-state index contributed by atoms with van der Waals surface area (Å²) in [5.41, 5.74) is 4.89. The van der Waals surface area contributed by atoms with Gasteiger partial charge in [-0.15, -0.1) is 0 Å². The first-order valence-corrected chi connectivity index (χ1v) is 10.7. The molecule has 1 atom stereocenters. The Hall–Kier alpha value is -3.21. The monoisotopic (exact) mass is 400 g/mol. The summed E-state index contributed by atoms with van der Waals surface area (Å²) in [7, 11) is 0. The van der Waals surface area contributed by atoms with Gasteiger partial charge in [0.1, 0.15) is 5.69 Å². The molecule has 0 bridgehead atoms. The third-order valence-electron chi connectivity index (χ3n) is 5.74. The molecule has 0 spiro atoms. The molecule has 0 unspecified atom stereocenters. The van der Waals surface area contributed by atoms with Crippen LogP contribution in [0.15, 0.2) is 60.9 Å². The van der Waals surface area contributed by atoms with Gasteiger partial charge in [-0.25, -0.2) is 4.98 Å². The highest BCUT2D eigenvalue weighted by atomic mass is 16.1. The van der Waals surface area contributed by atoms with Crippen LogP contribution in [0.5, 0.6) is 0 Å². The van der Waals surface area contributed by atoms with E-state index in [1.54, 1.807) is 12.4 Å². The van der Waals surface area contributed by atoms with Gasteiger partial charge < -0.3 is 10.2 Å². The normalized spacial score (nSPS) is 14.5. The molecule has 4 rings (SSSR count). The predicted molar refractivity (Wildman–Crippen MR) is 121 cm³/mol. The number of rotatable bonds is 6. The Kier molecular flexibility index (Phi) is 6.07. The summed E-state index contributed by atoms with van der Waals surface area (Å²) < 4.78 is 0. The smallest absolute Gasteiger partial charge is 0.251 e. The third-order valence-corrected chi connectivity index (χ3v) is 5.74. The SMILES string of the molecule is CCc1ccc([C@@H](C)NC(=O)c2ccc(-c3nccnc3N3CCCC3)cc2)cc1. The maximum Gasteiger partial charge on any atom is 0.251 e. The molecule has 2 heterocycles. The van der Waals surface area contributed by atoms with E-state index in [-0.39, 0.29) is 11.9 Å². The Morgan fingerprint density at radius 3 is 2.33 bits per heavy atom. The molecule has 5 nitrogen and oxygen atoms in total. The van der Waals surface area contributed by atoms with Crippen LogP contribution in [0.1, 0.15) is 54.2 Å². The zero-order chi connectivity index (χ0) is 20.9. The molecule has 0 radical (unpaired) electrons. The lowest BCUT2D eigenvalue weighted by molar-refractivity contribution is 0.0940. The fraction of sp³-hybridized carbons (Fsp3) is 0.320. The average Bonchev–Trinajstić information content (AvgIpc) is 3.34. The van der Waals surface area contributed by atoms with Crippen LogP contribution in [0.4, 0.5) is 5.82 Å². The number of carbonyl (C=O) groups is 1. The molecule has 0 aliphatic carbocycles. The highest BCUT2D eigenvalue weighted by Gasteiger charge is 2.19. The number of hydrogen-bond donors (Lipinski definition) is 1. The number of nitrogens with one attached hydrogen (secondary N) is 1. The Labute approximate surface area is 178 Å². The first kappa shape index (κ1) is 20.1. The molecular formula is C25H28N4O. The van der Waals surface area contributed by atoms with Crippen LogP contribution in [0.2, 0.25) is 0 Å². The number of carbonyl (C=O) groups excluding carboxylic acids is 1. The molecule has 2 aromatic carbocycles. The van der Waals surface area contributed by atoms with Crippen molar-refractivity contribution in [2.24, 2.45) is 0 Å². The molecule has 5 heteroatoms. The summed E-state index contributed by atoms with van der Waals surface area (Å²) in [6.45, 7) is 6.18. The van der Waals surface area contributed by atoms with Crippen molar-refractivity contribution in [1.82, 2.24) is 15.3 Å². The van der Waals surface area contributed by atoms with Crippen molar-refractivity contribution in [3.05, 3.63) is 77.6 Å². The van der Waals surface area contributed by atoms with Gasteiger partial charge in [0.2, 0.25) is 0 Å². The van der Waals surface area contributed by atoms with E-state index in [1.165, 1.54) is 18.4 Å². The lowest BCUT2D eigenvalue weighted by Gasteiger charge is -2.19. The number of nitrogens with zero attached hydrogens (tertiary/aromatic N) is 3. The van der Waals surface area contributed by atoms with Crippen molar-refractivity contribution in [2.75, 3.05) is 18.0 Å². The van der Waals surface area contributed by atoms with Gasteiger partial charge in [-0.1, -0.05) is 43.3 Å². The fourth-order valence-electron chi connectivity index (χ4n) is 3.88. The molecule has 0 saturated carbocycles. The minimum absolute atomic E-state index is 0.0511. The van der Waals surface area contributed by atoms with Gasteiger partial charge >= 0.3 is 0 Å². The summed E-state index contributed by atoms with van der Waals surface area (Å²) >= 11 is 0. The summed E-state index contributed by atoms with van der Waals surface area (Å²) in [4.78, 5) is 24.1. The van der Waals surface area contributed by atoms with Gasteiger partial charge in [-0.2, -0.15) is 0 Å². The fourth-order valence-corrected chi connectivity index (χ4v) is 3.88. The first-order valence-electron chi connectivity index (χ1n) is 10.7. The second-order valence-corrected chi connectivity index (χ2v) is 7.79. The molecule has 1 amide bonds. The predicted octanol–water partition coefficient (Wildman–Crippen LogP) is 4.80. The third kappa shape index (κ3) is 4.35. The number of aromatic nitrogens is 2. The molecular weight excluding hydrogens is 372 g/mol. The van der Waals surface area contributed by atoms with E-state index >= 15 is 0 Å². The first-order chi connectivity index (χ1) is 14.7. The lowest BCUT2D eigenvalue weighted by Crippen LogP contribution is -2.26. The van der Waals surface area contributed by atoms with Gasteiger partial charge in [-0.3, -0.25) is 9.78 Å². The van der Waals surface area contributed by atoms with Crippen molar-refractivity contribution >= 4 is 11.7 Å². The Morgan fingerprint density at radius 2 is 1.67 bits per heavy atom. The zero-order valence-electron chi connectivity index (χ0n) is 17.6. The van der Waals surface area contributed by atoms with Crippen LogP contribution in [0, 0.1) is 0 Å². The van der Waals surface area contributed by atoms with Crippen LogP contribution in [-0.2, 0) is 6.42 Å². The van der Waals surface area contributed by atoms with Gasteiger partial charge in [0.05, 0.1) is 6.04 Å². The highest BCUT2D eigenvalue weighted by Crippen LogP contribution is 2.29. The largest absolute Gasteiger partial charge is 0.355 e. The lowest BCUT2D eigenvalue weighted by atomic mass is 10.0. The summed E-state index contributed by atoms with van der Waals surface area (Å²) in [5.74, 6) is 0.851. The maximum absolute atomic E-state index is 12.7. The number of aryl methyl sites for hydroxylation is 1. The van der Waals surface area contributed by atoms with E-state index < -0.39 is 0 Å². The molecule has 1 aromatic heterocycles. The second kappa shape index (κ2) is 9.08.